The third-order valence-corrected chi connectivity index (χ3v) is 8.73. The summed E-state index contributed by atoms with van der Waals surface area (Å²) in [4.78, 5) is 14.2. The number of sulfonamides is 1. The van der Waals surface area contributed by atoms with Crippen LogP contribution >= 0.6 is 0 Å². The van der Waals surface area contributed by atoms with E-state index in [1.54, 1.807) is 29.2 Å². The van der Waals surface area contributed by atoms with E-state index >= 15 is 0 Å². The molecular weight excluding hydrogens is 450 g/mol. The first-order valence-corrected chi connectivity index (χ1v) is 13.7. The van der Waals surface area contributed by atoms with Crippen LogP contribution in [0.15, 0.2) is 40.8 Å². The quantitative estimate of drug-likeness (QED) is 0.307. The first kappa shape index (κ1) is 26.2. The number of carbonyl (C=O) groups is 1. The number of rotatable bonds is 9. The molecule has 2 aliphatic carbocycles. The third kappa shape index (κ3) is 6.61. The van der Waals surface area contributed by atoms with Crippen LogP contribution in [0.5, 0.6) is 0 Å². The lowest BCUT2D eigenvalue weighted by Gasteiger charge is -2.46. The smallest absolute Gasteiger partial charge is 0.410 e. The second kappa shape index (κ2) is 11.9. The number of nitriles is 1. The highest BCUT2D eigenvalue weighted by molar-refractivity contribution is 7.89. The molecule has 0 spiro atoms. The Hall–Kier alpha value is -2.37. The summed E-state index contributed by atoms with van der Waals surface area (Å²) in [5.74, 6) is 1.35. The lowest BCUT2D eigenvalue weighted by Crippen LogP contribution is -2.50. The van der Waals surface area contributed by atoms with Gasteiger partial charge in [0.15, 0.2) is 0 Å². The number of unbranched alkanes of at least 4 members (excludes halogenated alkanes) is 1. The average molecular weight is 488 g/mol. The SMILES string of the molecule is COC(=O)N(CC#N)[C@H]1C[C@H](C)C[C@H]2CC(CCCCNS(=O)(=O)c3ccc(C)cc3)=CC[C@H]21. The highest BCUT2D eigenvalue weighted by Crippen LogP contribution is 2.45. The average Bonchev–Trinajstić information content (AvgIpc) is 2.81. The van der Waals surface area contributed by atoms with Crippen molar-refractivity contribution in [3.63, 3.8) is 0 Å². The zero-order valence-electron chi connectivity index (χ0n) is 20.5. The van der Waals surface area contributed by atoms with Crippen LogP contribution in [0.1, 0.15) is 57.4 Å². The largest absolute Gasteiger partial charge is 0.453 e. The maximum atomic E-state index is 12.4. The molecule has 3 rings (SSSR count). The summed E-state index contributed by atoms with van der Waals surface area (Å²) in [6, 6.07) is 9.04. The fourth-order valence-electron chi connectivity index (χ4n) is 5.55. The minimum absolute atomic E-state index is 0.0369. The summed E-state index contributed by atoms with van der Waals surface area (Å²) in [5.41, 5.74) is 2.46. The van der Waals surface area contributed by atoms with Gasteiger partial charge in [-0.15, -0.1) is 0 Å². The number of hydrogen-bond acceptors (Lipinski definition) is 5. The molecule has 1 aromatic rings. The van der Waals surface area contributed by atoms with Crippen molar-refractivity contribution in [2.45, 2.75) is 69.7 Å². The number of aryl methyl sites for hydroxylation is 1. The minimum atomic E-state index is -3.46. The zero-order valence-corrected chi connectivity index (χ0v) is 21.3. The van der Waals surface area contributed by atoms with Crippen LogP contribution in [0.3, 0.4) is 0 Å². The van der Waals surface area contributed by atoms with E-state index in [2.05, 4.69) is 23.8 Å². The van der Waals surface area contributed by atoms with Gasteiger partial charge in [0.2, 0.25) is 10.0 Å². The summed E-state index contributed by atoms with van der Waals surface area (Å²) in [6.45, 7) is 4.64. The van der Waals surface area contributed by atoms with Crippen LogP contribution in [0.2, 0.25) is 0 Å². The summed E-state index contributed by atoms with van der Waals surface area (Å²) in [6.07, 6.45) is 8.55. The molecule has 0 bridgehead atoms. The molecule has 186 valence electrons. The highest BCUT2D eigenvalue weighted by Gasteiger charge is 2.42. The van der Waals surface area contributed by atoms with Crippen LogP contribution in [-0.4, -0.2) is 45.7 Å². The van der Waals surface area contributed by atoms with Crippen molar-refractivity contribution < 1.29 is 17.9 Å². The molecule has 1 fully saturated rings. The Morgan fingerprint density at radius 2 is 1.97 bits per heavy atom. The van der Waals surface area contributed by atoms with Gasteiger partial charge in [0, 0.05) is 12.6 Å². The summed E-state index contributed by atoms with van der Waals surface area (Å²) >= 11 is 0. The number of allylic oxidation sites excluding steroid dienone is 2. The fourth-order valence-corrected chi connectivity index (χ4v) is 6.63. The molecule has 34 heavy (non-hydrogen) atoms. The Balaban J connectivity index is 1.51. The van der Waals surface area contributed by atoms with E-state index in [4.69, 9.17) is 4.74 Å². The van der Waals surface area contributed by atoms with Gasteiger partial charge in [-0.3, -0.25) is 4.90 Å². The number of nitrogens with zero attached hydrogens (tertiary/aromatic N) is 2. The summed E-state index contributed by atoms with van der Waals surface area (Å²) in [5, 5.41) is 9.23. The molecule has 1 N–H and O–H groups in total. The van der Waals surface area contributed by atoms with Gasteiger partial charge >= 0.3 is 6.09 Å². The Labute approximate surface area is 204 Å². The molecule has 1 saturated carbocycles. The van der Waals surface area contributed by atoms with Gasteiger partial charge in [-0.05, 0) is 81.8 Å². The number of fused-ring (bicyclic) bond motifs is 1. The molecule has 0 heterocycles. The van der Waals surface area contributed by atoms with Crippen molar-refractivity contribution in [3.8, 4) is 6.07 Å². The van der Waals surface area contributed by atoms with Crippen molar-refractivity contribution in [1.29, 1.82) is 5.26 Å². The topological polar surface area (TPSA) is 99.5 Å². The van der Waals surface area contributed by atoms with Crippen LogP contribution in [0.4, 0.5) is 4.79 Å². The van der Waals surface area contributed by atoms with Gasteiger partial charge in [0.05, 0.1) is 18.1 Å². The van der Waals surface area contributed by atoms with E-state index in [9.17, 15) is 18.5 Å². The Bertz CT molecular complexity index is 1010. The van der Waals surface area contributed by atoms with Gasteiger partial charge in [0.25, 0.3) is 0 Å². The van der Waals surface area contributed by atoms with Gasteiger partial charge in [-0.2, -0.15) is 5.26 Å². The number of ether oxygens (including phenoxy) is 1. The normalized spacial score (nSPS) is 24.5. The molecule has 8 heteroatoms. The molecule has 0 aromatic heterocycles. The lowest BCUT2D eigenvalue weighted by atomic mass is 9.65. The second-order valence-corrected chi connectivity index (χ2v) is 11.6. The molecule has 0 unspecified atom stereocenters. The lowest BCUT2D eigenvalue weighted by molar-refractivity contribution is 0.0399. The molecule has 0 aliphatic heterocycles. The maximum absolute atomic E-state index is 12.4. The van der Waals surface area contributed by atoms with Gasteiger partial charge in [-0.25, -0.2) is 17.9 Å². The zero-order chi connectivity index (χ0) is 24.7. The summed E-state index contributed by atoms with van der Waals surface area (Å²) in [7, 11) is -2.09. The molecule has 1 aromatic carbocycles. The molecule has 2 aliphatic rings. The van der Waals surface area contributed by atoms with E-state index in [1.807, 2.05) is 6.92 Å². The third-order valence-electron chi connectivity index (χ3n) is 7.25. The highest BCUT2D eigenvalue weighted by atomic mass is 32.2. The van der Waals surface area contributed by atoms with Crippen LogP contribution in [0.25, 0.3) is 0 Å². The Kier molecular flexibility index (Phi) is 9.15. The van der Waals surface area contributed by atoms with Crippen LogP contribution < -0.4 is 4.72 Å². The predicted molar refractivity (Wildman–Crippen MR) is 131 cm³/mol. The van der Waals surface area contributed by atoms with Crippen molar-refractivity contribution in [3.05, 3.63) is 41.5 Å². The first-order chi connectivity index (χ1) is 16.2. The molecule has 0 saturated heterocycles. The number of amides is 1. The molecule has 4 atom stereocenters. The maximum Gasteiger partial charge on any atom is 0.410 e. The van der Waals surface area contributed by atoms with Gasteiger partial charge in [-0.1, -0.05) is 36.3 Å². The standard InChI is InChI=1S/C26H37N3O4S/c1-19-7-10-23(11-8-19)34(31,32)28-14-5-4-6-21-9-12-24-22(18-21)16-20(2)17-25(24)29(15-13-27)26(30)33-3/h7-11,20,22,24-25,28H,4-6,12,14-18H2,1-3H3/t20-,22+,24-,25+/m1/s1. The minimum Gasteiger partial charge on any atom is -0.453 e. The van der Waals surface area contributed by atoms with E-state index in [1.165, 1.54) is 12.7 Å². The molecule has 7 nitrogen and oxygen atoms in total. The van der Waals surface area contributed by atoms with Crippen molar-refractivity contribution in [2.24, 2.45) is 17.8 Å². The van der Waals surface area contributed by atoms with E-state index < -0.39 is 16.1 Å². The Morgan fingerprint density at radius 3 is 2.65 bits per heavy atom. The number of methoxy groups -OCH3 is 1. The molecule has 1 amide bonds. The Morgan fingerprint density at radius 1 is 1.24 bits per heavy atom. The van der Waals surface area contributed by atoms with Crippen LogP contribution in [0, 0.1) is 36.0 Å². The molecular formula is C26H37N3O4S. The van der Waals surface area contributed by atoms with E-state index in [0.29, 0.717) is 29.2 Å². The number of carbonyl (C=O) groups excluding carboxylic acids is 1. The second-order valence-electron chi connectivity index (χ2n) is 9.79. The number of hydrogen-bond donors (Lipinski definition) is 1. The van der Waals surface area contributed by atoms with Crippen molar-refractivity contribution in [1.82, 2.24) is 9.62 Å². The molecule has 0 radical (unpaired) electrons. The van der Waals surface area contributed by atoms with Crippen molar-refractivity contribution in [2.75, 3.05) is 20.2 Å². The summed E-state index contributed by atoms with van der Waals surface area (Å²) < 4.78 is 32.5. The monoisotopic (exact) mass is 487 g/mol. The van der Waals surface area contributed by atoms with Gasteiger partial charge in [0.1, 0.15) is 6.54 Å². The predicted octanol–water partition coefficient (Wildman–Crippen LogP) is 4.79. The fraction of sp³-hybridized carbons (Fsp3) is 0.615. The number of nitrogens with one attached hydrogen (secondary N) is 1. The van der Waals surface area contributed by atoms with E-state index in [-0.39, 0.29) is 12.6 Å². The van der Waals surface area contributed by atoms with Crippen molar-refractivity contribution >= 4 is 16.1 Å². The first-order valence-electron chi connectivity index (χ1n) is 12.2. The van der Waals surface area contributed by atoms with Crippen LogP contribution in [-0.2, 0) is 14.8 Å². The van der Waals surface area contributed by atoms with Gasteiger partial charge < -0.3 is 4.74 Å². The van der Waals surface area contributed by atoms with E-state index in [0.717, 1.165) is 50.5 Å². The number of benzene rings is 1.